The van der Waals surface area contributed by atoms with Gasteiger partial charge in [-0.2, -0.15) is 0 Å². The molecule has 1 aromatic carbocycles. The van der Waals surface area contributed by atoms with Gasteiger partial charge in [-0.3, -0.25) is 10.1 Å². The number of nitrogens with zero attached hydrogens (tertiary/aromatic N) is 3. The minimum Gasteiger partial charge on any atom is -0.472 e. The van der Waals surface area contributed by atoms with Crippen molar-refractivity contribution >= 4 is 27.2 Å². The Balaban J connectivity index is 1.70. The fraction of sp³-hybridized carbons (Fsp3) is 0.294. The molecule has 0 bridgehead atoms. The third-order valence-corrected chi connectivity index (χ3v) is 5.39. The van der Waals surface area contributed by atoms with Gasteiger partial charge in [-0.1, -0.05) is 0 Å². The molecule has 0 amide bonds. The molecule has 0 N–H and O–H groups in total. The highest BCUT2D eigenvalue weighted by molar-refractivity contribution is 7.18. The van der Waals surface area contributed by atoms with Gasteiger partial charge in [0.1, 0.15) is 23.5 Å². The first kappa shape index (κ1) is 16.7. The van der Waals surface area contributed by atoms with E-state index in [0.717, 1.165) is 20.7 Å². The van der Waals surface area contributed by atoms with Gasteiger partial charge in [-0.25, -0.2) is 9.97 Å². The van der Waals surface area contributed by atoms with Crippen LogP contribution in [0, 0.1) is 24.0 Å². The van der Waals surface area contributed by atoms with E-state index in [2.05, 4.69) is 9.97 Å². The first-order valence-corrected chi connectivity index (χ1v) is 8.70. The minimum atomic E-state index is -0.437. The second kappa shape index (κ2) is 6.50. The Kier molecular flexibility index (Phi) is 4.17. The van der Waals surface area contributed by atoms with Gasteiger partial charge in [0, 0.05) is 28.1 Å². The summed E-state index contributed by atoms with van der Waals surface area (Å²) in [5, 5.41) is 12.1. The standard InChI is InChI=1S/C17H15N3O5S/c1-9-10(2)26-17-14(9)16(18-7-19-17)24-6-12-4-13(20(21)22)3-11-5-23-8-25-15(11)12/h3-4,7H,5-6,8H2,1-2H3. The van der Waals surface area contributed by atoms with Crippen LogP contribution in [-0.2, 0) is 18.0 Å². The van der Waals surface area contributed by atoms with Crippen LogP contribution in [0.1, 0.15) is 21.6 Å². The van der Waals surface area contributed by atoms with Gasteiger partial charge in [0.05, 0.1) is 16.9 Å². The minimum absolute atomic E-state index is 0.0214. The van der Waals surface area contributed by atoms with Crippen molar-refractivity contribution in [2.24, 2.45) is 0 Å². The Bertz CT molecular complexity index is 1020. The molecule has 0 fully saturated rings. The maximum absolute atomic E-state index is 11.2. The predicted molar refractivity (Wildman–Crippen MR) is 94.6 cm³/mol. The van der Waals surface area contributed by atoms with Gasteiger partial charge < -0.3 is 14.2 Å². The zero-order valence-corrected chi connectivity index (χ0v) is 15.0. The summed E-state index contributed by atoms with van der Waals surface area (Å²) in [7, 11) is 0. The van der Waals surface area contributed by atoms with Crippen molar-refractivity contribution in [2.45, 2.75) is 27.1 Å². The number of nitro groups is 1. The second-order valence-electron chi connectivity index (χ2n) is 5.89. The molecule has 1 aliphatic heterocycles. The molecule has 0 radical (unpaired) electrons. The Hall–Kier alpha value is -2.78. The summed E-state index contributed by atoms with van der Waals surface area (Å²) >= 11 is 1.58. The molecule has 0 aliphatic carbocycles. The number of hydrogen-bond donors (Lipinski definition) is 0. The molecular formula is C17H15N3O5S. The number of non-ortho nitro benzene ring substituents is 1. The van der Waals surface area contributed by atoms with Gasteiger partial charge in [0.25, 0.3) is 5.69 Å². The second-order valence-corrected chi connectivity index (χ2v) is 7.09. The summed E-state index contributed by atoms with van der Waals surface area (Å²) in [4.78, 5) is 21.3. The third kappa shape index (κ3) is 2.85. The van der Waals surface area contributed by atoms with E-state index >= 15 is 0 Å². The quantitative estimate of drug-likeness (QED) is 0.508. The average Bonchev–Trinajstić information content (AvgIpc) is 2.94. The number of nitro benzene ring substituents is 1. The van der Waals surface area contributed by atoms with E-state index in [4.69, 9.17) is 14.2 Å². The van der Waals surface area contributed by atoms with Crippen LogP contribution in [0.3, 0.4) is 0 Å². The number of hydrogen-bond acceptors (Lipinski definition) is 8. The number of aryl methyl sites for hydroxylation is 2. The number of thiophene rings is 1. The summed E-state index contributed by atoms with van der Waals surface area (Å²) < 4.78 is 16.7. The zero-order valence-electron chi connectivity index (χ0n) is 14.1. The van der Waals surface area contributed by atoms with E-state index in [1.807, 2.05) is 13.8 Å². The van der Waals surface area contributed by atoms with E-state index in [1.165, 1.54) is 18.5 Å². The first-order chi connectivity index (χ1) is 12.5. The Labute approximate surface area is 152 Å². The smallest absolute Gasteiger partial charge is 0.270 e. The molecule has 3 heterocycles. The predicted octanol–water partition coefficient (Wildman–Crippen LogP) is 3.66. The van der Waals surface area contributed by atoms with E-state index in [1.54, 1.807) is 11.3 Å². The molecule has 0 saturated carbocycles. The molecule has 1 aliphatic rings. The van der Waals surface area contributed by atoms with E-state index in [-0.39, 0.29) is 25.7 Å². The molecular weight excluding hydrogens is 358 g/mol. The van der Waals surface area contributed by atoms with Crippen LogP contribution >= 0.6 is 11.3 Å². The Morgan fingerprint density at radius 3 is 3.00 bits per heavy atom. The number of ether oxygens (including phenoxy) is 3. The molecule has 9 heteroatoms. The van der Waals surface area contributed by atoms with Crippen LogP contribution in [0.5, 0.6) is 11.6 Å². The van der Waals surface area contributed by atoms with E-state index in [9.17, 15) is 10.1 Å². The Morgan fingerprint density at radius 2 is 2.19 bits per heavy atom. The lowest BCUT2D eigenvalue weighted by atomic mass is 10.1. The molecule has 8 nitrogen and oxygen atoms in total. The average molecular weight is 373 g/mol. The fourth-order valence-electron chi connectivity index (χ4n) is 2.90. The molecule has 3 aromatic rings. The first-order valence-electron chi connectivity index (χ1n) is 7.89. The summed E-state index contributed by atoms with van der Waals surface area (Å²) in [6.07, 6.45) is 1.46. The van der Waals surface area contributed by atoms with Crippen LogP contribution in [0.2, 0.25) is 0 Å². The molecule has 4 rings (SSSR count). The van der Waals surface area contributed by atoms with Crippen LogP contribution < -0.4 is 9.47 Å². The highest BCUT2D eigenvalue weighted by atomic mass is 32.1. The highest BCUT2D eigenvalue weighted by Crippen LogP contribution is 2.36. The molecule has 0 saturated heterocycles. The van der Waals surface area contributed by atoms with Crippen molar-refractivity contribution in [2.75, 3.05) is 6.79 Å². The van der Waals surface area contributed by atoms with Crippen LogP contribution in [0.25, 0.3) is 10.2 Å². The van der Waals surface area contributed by atoms with Crippen molar-refractivity contribution in [1.82, 2.24) is 9.97 Å². The molecule has 2 aromatic heterocycles. The molecule has 0 spiro atoms. The van der Waals surface area contributed by atoms with Crippen LogP contribution in [0.15, 0.2) is 18.5 Å². The van der Waals surface area contributed by atoms with Crippen molar-refractivity contribution in [1.29, 1.82) is 0 Å². The lowest BCUT2D eigenvalue weighted by molar-refractivity contribution is -0.385. The SMILES string of the molecule is Cc1sc2ncnc(OCc3cc([N+](=O)[O-])cc4c3OCOC4)c2c1C. The van der Waals surface area contributed by atoms with E-state index in [0.29, 0.717) is 22.8 Å². The van der Waals surface area contributed by atoms with Gasteiger partial charge >= 0.3 is 0 Å². The molecule has 0 unspecified atom stereocenters. The fourth-order valence-corrected chi connectivity index (χ4v) is 3.89. The molecule has 0 atom stereocenters. The van der Waals surface area contributed by atoms with E-state index < -0.39 is 4.92 Å². The lowest BCUT2D eigenvalue weighted by Gasteiger charge is -2.20. The number of benzene rings is 1. The van der Waals surface area contributed by atoms with Gasteiger partial charge in [0.2, 0.25) is 5.88 Å². The van der Waals surface area contributed by atoms with Crippen molar-refractivity contribution in [3.05, 3.63) is 50.1 Å². The maximum Gasteiger partial charge on any atom is 0.270 e. The van der Waals surface area contributed by atoms with Gasteiger partial charge in [-0.05, 0) is 19.4 Å². The Morgan fingerprint density at radius 1 is 1.35 bits per heavy atom. The topological polar surface area (TPSA) is 96.6 Å². The van der Waals surface area contributed by atoms with Gasteiger partial charge in [0.15, 0.2) is 6.79 Å². The van der Waals surface area contributed by atoms with Crippen molar-refractivity contribution in [3.8, 4) is 11.6 Å². The summed E-state index contributed by atoms with van der Waals surface area (Å²) in [6, 6.07) is 2.93. The maximum atomic E-state index is 11.2. The van der Waals surface area contributed by atoms with Gasteiger partial charge in [-0.15, -0.1) is 11.3 Å². The normalized spacial score (nSPS) is 13.3. The number of rotatable bonds is 4. The lowest BCUT2D eigenvalue weighted by Crippen LogP contribution is -2.14. The summed E-state index contributed by atoms with van der Waals surface area (Å²) in [5.41, 5.74) is 2.28. The summed E-state index contributed by atoms with van der Waals surface area (Å²) in [5.74, 6) is 1.04. The largest absolute Gasteiger partial charge is 0.472 e. The molecule has 134 valence electrons. The third-order valence-electron chi connectivity index (χ3n) is 4.28. The summed E-state index contributed by atoms with van der Waals surface area (Å²) in [6.45, 7) is 4.50. The highest BCUT2D eigenvalue weighted by Gasteiger charge is 2.22. The van der Waals surface area contributed by atoms with Crippen molar-refractivity contribution < 1.29 is 19.1 Å². The van der Waals surface area contributed by atoms with Crippen LogP contribution in [0.4, 0.5) is 5.69 Å². The van der Waals surface area contributed by atoms with Crippen LogP contribution in [-0.4, -0.2) is 21.7 Å². The number of aromatic nitrogens is 2. The molecule has 26 heavy (non-hydrogen) atoms. The van der Waals surface area contributed by atoms with Crippen molar-refractivity contribution in [3.63, 3.8) is 0 Å². The monoisotopic (exact) mass is 373 g/mol. The number of fused-ring (bicyclic) bond motifs is 2. The zero-order chi connectivity index (χ0) is 18.3.